The summed E-state index contributed by atoms with van der Waals surface area (Å²) in [5.74, 6) is 2.62. The van der Waals surface area contributed by atoms with Crippen LogP contribution in [0, 0.1) is 17.8 Å². The van der Waals surface area contributed by atoms with Gasteiger partial charge >= 0.3 is 0 Å². The number of ether oxygens (including phenoxy) is 1. The summed E-state index contributed by atoms with van der Waals surface area (Å²) in [5.41, 5.74) is 5.91. The highest BCUT2D eigenvalue weighted by Gasteiger charge is 2.27. The molecule has 1 aliphatic carbocycles. The summed E-state index contributed by atoms with van der Waals surface area (Å²) in [7, 11) is 0. The van der Waals surface area contributed by atoms with Gasteiger partial charge in [0.2, 0.25) is 0 Å². The van der Waals surface area contributed by atoms with Crippen LogP contribution in [0.4, 0.5) is 0 Å². The lowest BCUT2D eigenvalue weighted by molar-refractivity contribution is 0.0966. The van der Waals surface area contributed by atoms with Gasteiger partial charge in [0.25, 0.3) is 0 Å². The summed E-state index contributed by atoms with van der Waals surface area (Å²) in [6.45, 7) is 4.30. The van der Waals surface area contributed by atoms with E-state index < -0.39 is 0 Å². The van der Waals surface area contributed by atoms with Crippen LogP contribution in [0.1, 0.15) is 58.3 Å². The standard InChI is InChI=1S/C15H29NO/c1-12-7-8-14(11-16)13(10-12)4-2-5-15-6-3-9-17-15/h12-15H,2-11,16H2,1H3. The smallest absolute Gasteiger partial charge is 0.0576 e. The summed E-state index contributed by atoms with van der Waals surface area (Å²) < 4.78 is 5.69. The van der Waals surface area contributed by atoms with Crippen molar-refractivity contribution < 1.29 is 4.74 Å². The second-order valence-electron chi connectivity index (χ2n) is 6.24. The second kappa shape index (κ2) is 6.75. The first-order valence-corrected chi connectivity index (χ1v) is 7.61. The Labute approximate surface area is 106 Å². The van der Waals surface area contributed by atoms with E-state index in [9.17, 15) is 0 Å². The molecule has 0 aromatic heterocycles. The van der Waals surface area contributed by atoms with Crippen LogP contribution >= 0.6 is 0 Å². The fraction of sp³-hybridized carbons (Fsp3) is 1.00. The Kier molecular flexibility index (Phi) is 5.30. The van der Waals surface area contributed by atoms with Crippen molar-refractivity contribution in [3.63, 3.8) is 0 Å². The molecule has 0 bridgehead atoms. The first kappa shape index (κ1) is 13.4. The third kappa shape index (κ3) is 3.96. The topological polar surface area (TPSA) is 35.2 Å². The Morgan fingerprint density at radius 2 is 2.00 bits per heavy atom. The van der Waals surface area contributed by atoms with Crippen LogP contribution in [0.5, 0.6) is 0 Å². The molecule has 2 aliphatic rings. The summed E-state index contributed by atoms with van der Waals surface area (Å²) >= 11 is 0. The molecule has 0 aromatic carbocycles. The van der Waals surface area contributed by atoms with Gasteiger partial charge in [0.15, 0.2) is 0 Å². The molecule has 2 heteroatoms. The third-order valence-electron chi connectivity index (χ3n) is 4.83. The molecular formula is C15H29NO. The first-order chi connectivity index (χ1) is 8.29. The lowest BCUT2D eigenvalue weighted by Gasteiger charge is -2.34. The molecule has 0 aromatic rings. The molecule has 1 saturated carbocycles. The highest BCUT2D eigenvalue weighted by atomic mass is 16.5. The van der Waals surface area contributed by atoms with E-state index in [1.807, 2.05) is 0 Å². The number of hydrogen-bond acceptors (Lipinski definition) is 2. The van der Waals surface area contributed by atoms with E-state index in [0.717, 1.165) is 30.9 Å². The van der Waals surface area contributed by atoms with Gasteiger partial charge in [-0.2, -0.15) is 0 Å². The molecule has 1 saturated heterocycles. The maximum atomic E-state index is 5.91. The molecule has 4 unspecified atom stereocenters. The molecule has 2 N–H and O–H groups in total. The van der Waals surface area contributed by atoms with E-state index in [-0.39, 0.29) is 0 Å². The monoisotopic (exact) mass is 239 g/mol. The summed E-state index contributed by atoms with van der Waals surface area (Å²) in [5, 5.41) is 0. The zero-order valence-electron chi connectivity index (χ0n) is 11.4. The minimum atomic E-state index is 0.576. The van der Waals surface area contributed by atoms with Crippen molar-refractivity contribution in [3.8, 4) is 0 Å². The summed E-state index contributed by atoms with van der Waals surface area (Å²) in [4.78, 5) is 0. The van der Waals surface area contributed by atoms with Crippen LogP contribution < -0.4 is 5.73 Å². The molecule has 0 amide bonds. The van der Waals surface area contributed by atoms with Crippen LogP contribution in [0.2, 0.25) is 0 Å². The van der Waals surface area contributed by atoms with Crippen LogP contribution in [0.3, 0.4) is 0 Å². The SMILES string of the molecule is CC1CCC(CN)C(CCCC2CCCO2)C1. The largest absolute Gasteiger partial charge is 0.378 e. The molecule has 1 aliphatic heterocycles. The summed E-state index contributed by atoms with van der Waals surface area (Å²) in [6, 6.07) is 0. The molecule has 0 spiro atoms. The fourth-order valence-electron chi connectivity index (χ4n) is 3.70. The van der Waals surface area contributed by atoms with E-state index >= 15 is 0 Å². The van der Waals surface area contributed by atoms with Crippen LogP contribution in [-0.2, 0) is 4.74 Å². The van der Waals surface area contributed by atoms with Crippen molar-refractivity contribution in [3.05, 3.63) is 0 Å². The van der Waals surface area contributed by atoms with Gasteiger partial charge in [-0.3, -0.25) is 0 Å². The molecule has 1 heterocycles. The van der Waals surface area contributed by atoms with Gasteiger partial charge in [-0.25, -0.2) is 0 Å². The molecule has 2 rings (SSSR count). The zero-order valence-corrected chi connectivity index (χ0v) is 11.4. The average Bonchev–Trinajstić information content (AvgIpc) is 2.82. The Hall–Kier alpha value is -0.0800. The Balaban J connectivity index is 1.68. The highest BCUT2D eigenvalue weighted by molar-refractivity contribution is 4.79. The Morgan fingerprint density at radius 3 is 2.71 bits per heavy atom. The van der Waals surface area contributed by atoms with Gasteiger partial charge in [0.1, 0.15) is 0 Å². The fourth-order valence-corrected chi connectivity index (χ4v) is 3.70. The zero-order chi connectivity index (χ0) is 12.1. The normalized spacial score (nSPS) is 38.5. The third-order valence-corrected chi connectivity index (χ3v) is 4.83. The van der Waals surface area contributed by atoms with Gasteiger partial charge < -0.3 is 10.5 Å². The Bertz CT molecular complexity index is 213. The lowest BCUT2D eigenvalue weighted by Crippen LogP contribution is -2.29. The van der Waals surface area contributed by atoms with Crippen LogP contribution in [0.15, 0.2) is 0 Å². The van der Waals surface area contributed by atoms with Crippen LogP contribution in [0.25, 0.3) is 0 Å². The van der Waals surface area contributed by atoms with Crippen molar-refractivity contribution in [1.29, 1.82) is 0 Å². The van der Waals surface area contributed by atoms with E-state index in [0.29, 0.717) is 6.10 Å². The van der Waals surface area contributed by atoms with Crippen molar-refractivity contribution >= 4 is 0 Å². The quantitative estimate of drug-likeness (QED) is 0.798. The molecule has 2 fully saturated rings. The number of rotatable bonds is 5. The predicted octanol–water partition coefficient (Wildman–Crippen LogP) is 3.35. The van der Waals surface area contributed by atoms with E-state index in [1.54, 1.807) is 0 Å². The van der Waals surface area contributed by atoms with Crippen molar-refractivity contribution in [1.82, 2.24) is 0 Å². The molecule has 4 atom stereocenters. The maximum Gasteiger partial charge on any atom is 0.0576 e. The van der Waals surface area contributed by atoms with Crippen LogP contribution in [-0.4, -0.2) is 19.3 Å². The average molecular weight is 239 g/mol. The summed E-state index contributed by atoms with van der Waals surface area (Å²) in [6.07, 6.45) is 11.3. The molecule has 2 nitrogen and oxygen atoms in total. The van der Waals surface area contributed by atoms with Gasteiger partial charge in [0, 0.05) is 6.61 Å². The lowest BCUT2D eigenvalue weighted by atomic mass is 9.72. The minimum Gasteiger partial charge on any atom is -0.378 e. The van der Waals surface area contributed by atoms with Gasteiger partial charge in [0.05, 0.1) is 6.10 Å². The molecule has 17 heavy (non-hydrogen) atoms. The molecule has 0 radical (unpaired) electrons. The Morgan fingerprint density at radius 1 is 1.12 bits per heavy atom. The van der Waals surface area contributed by atoms with Gasteiger partial charge in [-0.15, -0.1) is 0 Å². The number of hydrogen-bond donors (Lipinski definition) is 1. The predicted molar refractivity (Wildman–Crippen MR) is 71.9 cm³/mol. The first-order valence-electron chi connectivity index (χ1n) is 7.61. The van der Waals surface area contributed by atoms with E-state index in [1.165, 1.54) is 51.4 Å². The van der Waals surface area contributed by atoms with Crippen molar-refractivity contribution in [2.45, 2.75) is 64.4 Å². The second-order valence-corrected chi connectivity index (χ2v) is 6.24. The van der Waals surface area contributed by atoms with Gasteiger partial charge in [-0.1, -0.05) is 26.2 Å². The van der Waals surface area contributed by atoms with E-state index in [4.69, 9.17) is 10.5 Å². The van der Waals surface area contributed by atoms with Gasteiger partial charge in [-0.05, 0) is 56.4 Å². The molecule has 100 valence electrons. The maximum absolute atomic E-state index is 5.91. The van der Waals surface area contributed by atoms with Crippen molar-refractivity contribution in [2.24, 2.45) is 23.5 Å². The highest BCUT2D eigenvalue weighted by Crippen LogP contribution is 2.36. The van der Waals surface area contributed by atoms with Crippen molar-refractivity contribution in [2.75, 3.05) is 13.2 Å². The molecular weight excluding hydrogens is 210 g/mol. The number of nitrogens with two attached hydrogens (primary N) is 1. The minimum absolute atomic E-state index is 0.576. The van der Waals surface area contributed by atoms with E-state index in [2.05, 4.69) is 6.92 Å².